The monoisotopic (exact) mass is 301 g/mol. The zero-order valence-electron chi connectivity index (χ0n) is 11.3. The number of nitro groups is 1. The highest BCUT2D eigenvalue weighted by Gasteiger charge is 2.13. The maximum atomic E-state index is 13.3. The van der Waals surface area contributed by atoms with Gasteiger partial charge in [0.1, 0.15) is 11.5 Å². The summed E-state index contributed by atoms with van der Waals surface area (Å²) < 4.78 is 13.3. The summed E-state index contributed by atoms with van der Waals surface area (Å²) in [6.45, 7) is 0. The highest BCUT2D eigenvalue weighted by atomic mass is 19.1. The van der Waals surface area contributed by atoms with E-state index in [4.69, 9.17) is 0 Å². The van der Waals surface area contributed by atoms with Crippen molar-refractivity contribution in [3.05, 3.63) is 76.2 Å². The standard InChI is InChI=1S/C15H12FN3O3/c16-12-6-2-1-5-11(12)9-10-17-15(20)18-13-7-3-4-8-14(13)19(21)22/h1-10H,(H2,17,18,20)/b10-9+. The second-order valence-corrected chi connectivity index (χ2v) is 4.23. The van der Waals surface area contributed by atoms with Crippen LogP contribution in [0.4, 0.5) is 20.6 Å². The van der Waals surface area contributed by atoms with Gasteiger partial charge >= 0.3 is 6.03 Å². The number of rotatable bonds is 4. The molecule has 2 aromatic rings. The van der Waals surface area contributed by atoms with Crippen molar-refractivity contribution in [2.24, 2.45) is 0 Å². The number of hydrogen-bond donors (Lipinski definition) is 2. The van der Waals surface area contributed by atoms with E-state index in [-0.39, 0.29) is 11.4 Å². The molecule has 2 aromatic carbocycles. The van der Waals surface area contributed by atoms with Gasteiger partial charge in [0.05, 0.1) is 4.92 Å². The number of urea groups is 1. The van der Waals surface area contributed by atoms with Gasteiger partial charge in [-0.25, -0.2) is 9.18 Å². The van der Waals surface area contributed by atoms with Crippen LogP contribution in [0.1, 0.15) is 5.56 Å². The fourth-order valence-electron chi connectivity index (χ4n) is 1.71. The van der Waals surface area contributed by atoms with Crippen molar-refractivity contribution in [3.63, 3.8) is 0 Å². The second-order valence-electron chi connectivity index (χ2n) is 4.23. The third kappa shape index (κ3) is 3.89. The summed E-state index contributed by atoms with van der Waals surface area (Å²) in [7, 11) is 0. The summed E-state index contributed by atoms with van der Waals surface area (Å²) in [5.41, 5.74) is 0.175. The number of nitrogens with zero attached hydrogens (tertiary/aromatic N) is 1. The van der Waals surface area contributed by atoms with Crippen molar-refractivity contribution in [2.75, 3.05) is 5.32 Å². The third-order valence-electron chi connectivity index (χ3n) is 2.73. The Labute approximate surface area is 125 Å². The van der Waals surface area contributed by atoms with Crippen LogP contribution < -0.4 is 10.6 Å². The molecule has 0 saturated heterocycles. The van der Waals surface area contributed by atoms with Crippen LogP contribution >= 0.6 is 0 Å². The molecule has 0 aliphatic rings. The van der Waals surface area contributed by atoms with Crippen LogP contribution in [0, 0.1) is 15.9 Å². The number of hydrogen-bond acceptors (Lipinski definition) is 3. The van der Waals surface area contributed by atoms with Crippen LogP contribution in [0.3, 0.4) is 0 Å². The smallest absolute Gasteiger partial charge is 0.314 e. The van der Waals surface area contributed by atoms with E-state index in [1.807, 2.05) is 0 Å². The molecule has 2 N–H and O–H groups in total. The van der Waals surface area contributed by atoms with Gasteiger partial charge in [0, 0.05) is 17.8 Å². The van der Waals surface area contributed by atoms with Gasteiger partial charge in [-0.2, -0.15) is 0 Å². The summed E-state index contributed by atoms with van der Waals surface area (Å²) >= 11 is 0. The third-order valence-corrected chi connectivity index (χ3v) is 2.73. The zero-order valence-corrected chi connectivity index (χ0v) is 11.3. The molecule has 0 heterocycles. The normalized spacial score (nSPS) is 10.4. The van der Waals surface area contributed by atoms with Gasteiger partial charge in [0.25, 0.3) is 5.69 Å². The summed E-state index contributed by atoms with van der Waals surface area (Å²) in [6, 6.07) is 11.2. The molecular formula is C15H12FN3O3. The number of nitro benzene ring substituents is 1. The fourth-order valence-corrected chi connectivity index (χ4v) is 1.71. The molecule has 22 heavy (non-hydrogen) atoms. The maximum absolute atomic E-state index is 13.3. The molecule has 112 valence electrons. The summed E-state index contributed by atoms with van der Waals surface area (Å²) in [4.78, 5) is 21.9. The van der Waals surface area contributed by atoms with Crippen LogP contribution in [-0.4, -0.2) is 11.0 Å². The van der Waals surface area contributed by atoms with Gasteiger partial charge in [-0.3, -0.25) is 10.1 Å². The van der Waals surface area contributed by atoms with E-state index in [1.54, 1.807) is 24.3 Å². The number of anilines is 1. The first kappa shape index (κ1) is 15.2. The first-order chi connectivity index (χ1) is 10.6. The molecule has 0 unspecified atom stereocenters. The molecule has 2 amide bonds. The highest BCUT2D eigenvalue weighted by molar-refractivity contribution is 5.92. The molecule has 2 rings (SSSR count). The number of amides is 2. The van der Waals surface area contributed by atoms with Crippen LogP contribution in [0.25, 0.3) is 6.08 Å². The maximum Gasteiger partial charge on any atom is 0.323 e. The molecule has 6 nitrogen and oxygen atoms in total. The van der Waals surface area contributed by atoms with E-state index in [0.29, 0.717) is 5.56 Å². The van der Waals surface area contributed by atoms with Crippen LogP contribution in [0.15, 0.2) is 54.7 Å². The Morgan fingerprint density at radius 3 is 2.55 bits per heavy atom. The van der Waals surface area contributed by atoms with Crippen LogP contribution in [-0.2, 0) is 0 Å². The lowest BCUT2D eigenvalue weighted by Gasteiger charge is -2.05. The molecule has 0 bridgehead atoms. The molecule has 0 saturated carbocycles. The van der Waals surface area contributed by atoms with E-state index in [9.17, 15) is 19.3 Å². The zero-order chi connectivity index (χ0) is 15.9. The molecule has 0 aliphatic heterocycles. The molecule has 0 aromatic heterocycles. The van der Waals surface area contributed by atoms with Crippen LogP contribution in [0.2, 0.25) is 0 Å². The van der Waals surface area contributed by atoms with Gasteiger partial charge in [-0.05, 0) is 18.2 Å². The van der Waals surface area contributed by atoms with Gasteiger partial charge in [-0.1, -0.05) is 30.3 Å². The molecule has 7 heteroatoms. The number of carbonyl (C=O) groups is 1. The van der Waals surface area contributed by atoms with Crippen molar-refractivity contribution < 1.29 is 14.1 Å². The molecular weight excluding hydrogens is 289 g/mol. The molecule has 0 spiro atoms. The summed E-state index contributed by atoms with van der Waals surface area (Å²) in [5, 5.41) is 15.5. The van der Waals surface area contributed by atoms with Gasteiger partial charge < -0.3 is 10.6 Å². The predicted molar refractivity (Wildman–Crippen MR) is 80.7 cm³/mol. The Morgan fingerprint density at radius 2 is 1.82 bits per heavy atom. The highest BCUT2D eigenvalue weighted by Crippen LogP contribution is 2.22. The molecule has 0 fully saturated rings. The first-order valence-corrected chi connectivity index (χ1v) is 6.30. The second kappa shape index (κ2) is 6.98. The number of benzene rings is 2. The van der Waals surface area contributed by atoms with Gasteiger partial charge in [0.2, 0.25) is 0 Å². The predicted octanol–water partition coefficient (Wildman–Crippen LogP) is 3.53. The largest absolute Gasteiger partial charge is 0.323 e. The average Bonchev–Trinajstić information content (AvgIpc) is 2.49. The quantitative estimate of drug-likeness (QED) is 0.669. The SMILES string of the molecule is O=C(N/C=C/c1ccccc1F)Nc1ccccc1[N+](=O)[O-]. The van der Waals surface area contributed by atoms with Gasteiger partial charge in [-0.15, -0.1) is 0 Å². The minimum atomic E-state index is -0.665. The van der Waals surface area contributed by atoms with E-state index < -0.39 is 16.8 Å². The van der Waals surface area contributed by atoms with E-state index in [0.717, 1.165) is 0 Å². The number of halogens is 1. The van der Waals surface area contributed by atoms with Gasteiger partial charge in [0.15, 0.2) is 0 Å². The van der Waals surface area contributed by atoms with Crippen molar-refractivity contribution in [1.82, 2.24) is 5.32 Å². The van der Waals surface area contributed by atoms with Crippen molar-refractivity contribution in [2.45, 2.75) is 0 Å². The molecule has 0 aliphatic carbocycles. The minimum absolute atomic E-state index is 0.0734. The van der Waals surface area contributed by atoms with Crippen molar-refractivity contribution in [3.8, 4) is 0 Å². The summed E-state index contributed by atoms with van der Waals surface area (Å²) in [5.74, 6) is -0.417. The van der Waals surface area contributed by atoms with E-state index >= 15 is 0 Å². The topological polar surface area (TPSA) is 84.3 Å². The number of carbonyl (C=O) groups excluding carboxylic acids is 1. The Kier molecular flexibility index (Phi) is 4.81. The summed E-state index contributed by atoms with van der Waals surface area (Å²) in [6.07, 6.45) is 2.64. The van der Waals surface area contributed by atoms with E-state index in [2.05, 4.69) is 10.6 Å². The molecule has 0 radical (unpaired) electrons. The van der Waals surface area contributed by atoms with Crippen LogP contribution in [0.5, 0.6) is 0 Å². The lowest BCUT2D eigenvalue weighted by Crippen LogP contribution is -2.24. The minimum Gasteiger partial charge on any atom is -0.314 e. The van der Waals surface area contributed by atoms with E-state index in [1.165, 1.54) is 36.5 Å². The lowest BCUT2D eigenvalue weighted by molar-refractivity contribution is -0.383. The van der Waals surface area contributed by atoms with Crippen molar-refractivity contribution in [1.29, 1.82) is 0 Å². The number of para-hydroxylation sites is 2. The Bertz CT molecular complexity index is 731. The average molecular weight is 301 g/mol. The Balaban J connectivity index is 2.00. The first-order valence-electron chi connectivity index (χ1n) is 6.30. The Morgan fingerprint density at radius 1 is 1.14 bits per heavy atom. The Hall–Kier alpha value is -3.22. The molecule has 0 atom stereocenters. The fraction of sp³-hybridized carbons (Fsp3) is 0. The lowest BCUT2D eigenvalue weighted by atomic mass is 10.2. The van der Waals surface area contributed by atoms with Crippen molar-refractivity contribution >= 4 is 23.5 Å². The number of nitrogens with one attached hydrogen (secondary N) is 2.